The number of carbonyl (C=O) groups excluding carboxylic acids is 2. The standard InChI is InChI=1S/C11H11NO3/c1-8(6-10(13)15-2)11(14)9-4-3-5-12-7-9/h3-5,7H,1,6H2,2H3. The van der Waals surface area contributed by atoms with Crippen molar-refractivity contribution in [2.45, 2.75) is 6.42 Å². The van der Waals surface area contributed by atoms with Crippen LogP contribution in [0.1, 0.15) is 16.8 Å². The first-order valence-electron chi connectivity index (χ1n) is 4.34. The normalized spacial score (nSPS) is 9.40. The fourth-order valence-electron chi connectivity index (χ4n) is 1.03. The molecule has 0 unspecified atom stereocenters. The molecule has 0 saturated heterocycles. The summed E-state index contributed by atoms with van der Waals surface area (Å²) in [6.07, 6.45) is 2.91. The van der Waals surface area contributed by atoms with Gasteiger partial charge in [0.2, 0.25) is 0 Å². The summed E-state index contributed by atoms with van der Waals surface area (Å²) >= 11 is 0. The van der Waals surface area contributed by atoms with E-state index in [9.17, 15) is 9.59 Å². The van der Waals surface area contributed by atoms with E-state index in [-0.39, 0.29) is 17.8 Å². The Morgan fingerprint density at radius 1 is 1.53 bits per heavy atom. The van der Waals surface area contributed by atoms with Gasteiger partial charge in [-0.3, -0.25) is 14.6 Å². The zero-order valence-electron chi connectivity index (χ0n) is 8.40. The number of aromatic nitrogens is 1. The van der Waals surface area contributed by atoms with E-state index in [0.29, 0.717) is 5.56 Å². The molecule has 78 valence electrons. The van der Waals surface area contributed by atoms with E-state index in [1.54, 1.807) is 18.3 Å². The Labute approximate surface area is 87.6 Å². The molecule has 0 aliphatic rings. The van der Waals surface area contributed by atoms with Crippen LogP contribution in [0.3, 0.4) is 0 Å². The fourth-order valence-corrected chi connectivity index (χ4v) is 1.03. The lowest BCUT2D eigenvalue weighted by Crippen LogP contribution is -2.09. The molecule has 0 spiro atoms. The molecule has 1 aromatic heterocycles. The average molecular weight is 205 g/mol. The number of methoxy groups -OCH3 is 1. The van der Waals surface area contributed by atoms with E-state index in [1.165, 1.54) is 13.3 Å². The van der Waals surface area contributed by atoms with Gasteiger partial charge in [0.1, 0.15) is 0 Å². The summed E-state index contributed by atoms with van der Waals surface area (Å²) in [7, 11) is 1.27. The molecule has 1 rings (SSSR count). The Bertz CT molecular complexity index is 384. The van der Waals surface area contributed by atoms with Gasteiger partial charge in [0, 0.05) is 23.5 Å². The van der Waals surface area contributed by atoms with E-state index >= 15 is 0 Å². The Balaban J connectivity index is 2.70. The second kappa shape index (κ2) is 5.05. The highest BCUT2D eigenvalue weighted by atomic mass is 16.5. The molecule has 0 radical (unpaired) electrons. The maximum atomic E-state index is 11.6. The third-order valence-electron chi connectivity index (χ3n) is 1.83. The predicted octanol–water partition coefficient (Wildman–Crippen LogP) is 1.38. The summed E-state index contributed by atoms with van der Waals surface area (Å²) in [5, 5.41) is 0. The van der Waals surface area contributed by atoms with Gasteiger partial charge in [-0.25, -0.2) is 0 Å². The molecule has 0 amide bonds. The number of nitrogens with zero attached hydrogens (tertiary/aromatic N) is 1. The molecule has 1 aromatic rings. The van der Waals surface area contributed by atoms with Crippen molar-refractivity contribution >= 4 is 11.8 Å². The lowest BCUT2D eigenvalue weighted by Gasteiger charge is -2.02. The maximum Gasteiger partial charge on any atom is 0.310 e. The van der Waals surface area contributed by atoms with Gasteiger partial charge in [0.15, 0.2) is 5.78 Å². The molecule has 0 aromatic carbocycles. The predicted molar refractivity (Wildman–Crippen MR) is 54.3 cm³/mol. The van der Waals surface area contributed by atoms with Crippen LogP contribution in [0, 0.1) is 0 Å². The van der Waals surface area contributed by atoms with Gasteiger partial charge in [0.25, 0.3) is 0 Å². The van der Waals surface area contributed by atoms with Crippen LogP contribution in [0.2, 0.25) is 0 Å². The van der Waals surface area contributed by atoms with E-state index in [0.717, 1.165) is 0 Å². The summed E-state index contributed by atoms with van der Waals surface area (Å²) in [5.74, 6) is -0.759. The van der Waals surface area contributed by atoms with Gasteiger partial charge >= 0.3 is 5.97 Å². The molecule has 0 saturated carbocycles. The van der Waals surface area contributed by atoms with Crippen LogP contribution in [0.15, 0.2) is 36.7 Å². The molecule has 0 bridgehead atoms. The zero-order valence-corrected chi connectivity index (χ0v) is 8.40. The highest BCUT2D eigenvalue weighted by Gasteiger charge is 2.13. The molecule has 0 aliphatic carbocycles. The molecule has 0 fully saturated rings. The van der Waals surface area contributed by atoms with Crippen molar-refractivity contribution in [3.63, 3.8) is 0 Å². The van der Waals surface area contributed by atoms with E-state index in [1.807, 2.05) is 0 Å². The largest absolute Gasteiger partial charge is 0.469 e. The van der Waals surface area contributed by atoms with Crippen LogP contribution in [-0.4, -0.2) is 23.8 Å². The molecule has 0 atom stereocenters. The number of ketones is 1. The van der Waals surface area contributed by atoms with Gasteiger partial charge in [-0.1, -0.05) is 6.58 Å². The van der Waals surface area contributed by atoms with E-state index in [4.69, 9.17) is 0 Å². The second-order valence-electron chi connectivity index (χ2n) is 2.93. The summed E-state index contributed by atoms with van der Waals surface area (Å²) in [4.78, 5) is 26.4. The van der Waals surface area contributed by atoms with E-state index in [2.05, 4.69) is 16.3 Å². The second-order valence-corrected chi connectivity index (χ2v) is 2.93. The van der Waals surface area contributed by atoms with Crippen LogP contribution < -0.4 is 0 Å². The molecule has 0 aliphatic heterocycles. The number of carbonyl (C=O) groups is 2. The number of ether oxygens (including phenoxy) is 1. The lowest BCUT2D eigenvalue weighted by atomic mass is 10.0. The summed E-state index contributed by atoms with van der Waals surface area (Å²) < 4.78 is 4.44. The number of hydrogen-bond donors (Lipinski definition) is 0. The van der Waals surface area contributed by atoms with Gasteiger partial charge in [-0.15, -0.1) is 0 Å². The molecule has 15 heavy (non-hydrogen) atoms. The van der Waals surface area contributed by atoms with Crippen LogP contribution in [0.4, 0.5) is 0 Å². The number of pyridine rings is 1. The van der Waals surface area contributed by atoms with Gasteiger partial charge in [0.05, 0.1) is 13.5 Å². The van der Waals surface area contributed by atoms with Crippen molar-refractivity contribution in [1.29, 1.82) is 0 Å². The monoisotopic (exact) mass is 205 g/mol. The Morgan fingerprint density at radius 3 is 2.80 bits per heavy atom. The summed E-state index contributed by atoms with van der Waals surface area (Å²) in [6, 6.07) is 3.27. The summed E-state index contributed by atoms with van der Waals surface area (Å²) in [5.41, 5.74) is 0.626. The van der Waals surface area contributed by atoms with Gasteiger partial charge in [-0.05, 0) is 12.1 Å². The van der Waals surface area contributed by atoms with Crippen molar-refractivity contribution in [2.75, 3.05) is 7.11 Å². The number of esters is 1. The molecule has 0 N–H and O–H groups in total. The highest BCUT2D eigenvalue weighted by molar-refractivity contribution is 6.10. The fraction of sp³-hybridized carbons (Fsp3) is 0.182. The number of Topliss-reactive ketones (excluding diaryl/α,β-unsaturated/α-hetero) is 1. The first-order chi connectivity index (χ1) is 7.15. The molecular weight excluding hydrogens is 194 g/mol. The van der Waals surface area contributed by atoms with Crippen molar-refractivity contribution in [1.82, 2.24) is 4.98 Å². The molecule has 1 heterocycles. The Hall–Kier alpha value is -1.97. The van der Waals surface area contributed by atoms with Gasteiger partial charge in [-0.2, -0.15) is 0 Å². The van der Waals surface area contributed by atoms with Crippen LogP contribution in [-0.2, 0) is 9.53 Å². The average Bonchev–Trinajstić information content (AvgIpc) is 2.29. The Morgan fingerprint density at radius 2 is 2.27 bits per heavy atom. The quantitative estimate of drug-likeness (QED) is 0.423. The Kier molecular flexibility index (Phi) is 3.74. The third kappa shape index (κ3) is 3.02. The smallest absolute Gasteiger partial charge is 0.310 e. The van der Waals surface area contributed by atoms with Gasteiger partial charge < -0.3 is 4.74 Å². The minimum Gasteiger partial charge on any atom is -0.469 e. The van der Waals surface area contributed by atoms with Crippen LogP contribution >= 0.6 is 0 Å². The number of hydrogen-bond acceptors (Lipinski definition) is 4. The number of rotatable bonds is 4. The van der Waals surface area contributed by atoms with Crippen LogP contribution in [0.25, 0.3) is 0 Å². The SMILES string of the molecule is C=C(CC(=O)OC)C(=O)c1cccnc1. The highest BCUT2D eigenvalue weighted by Crippen LogP contribution is 2.09. The third-order valence-corrected chi connectivity index (χ3v) is 1.83. The lowest BCUT2D eigenvalue weighted by molar-refractivity contribution is -0.139. The first-order valence-corrected chi connectivity index (χ1v) is 4.34. The van der Waals surface area contributed by atoms with E-state index < -0.39 is 5.97 Å². The molecule has 4 heteroatoms. The first kappa shape index (κ1) is 11.1. The van der Waals surface area contributed by atoms with Crippen molar-refractivity contribution in [3.05, 3.63) is 42.2 Å². The summed E-state index contributed by atoms with van der Waals surface area (Å²) in [6.45, 7) is 3.54. The van der Waals surface area contributed by atoms with Crippen molar-refractivity contribution < 1.29 is 14.3 Å². The molecular formula is C11H11NO3. The minimum absolute atomic E-state index is 0.0930. The zero-order chi connectivity index (χ0) is 11.3. The van der Waals surface area contributed by atoms with Crippen molar-refractivity contribution in [2.24, 2.45) is 0 Å². The van der Waals surface area contributed by atoms with Crippen LogP contribution in [0.5, 0.6) is 0 Å². The topological polar surface area (TPSA) is 56.3 Å². The maximum absolute atomic E-state index is 11.6. The molecule has 4 nitrogen and oxygen atoms in total. The van der Waals surface area contributed by atoms with Crippen molar-refractivity contribution in [3.8, 4) is 0 Å². The minimum atomic E-state index is -0.475.